The lowest BCUT2D eigenvalue weighted by Gasteiger charge is -2.21. The predicted octanol–water partition coefficient (Wildman–Crippen LogP) is 4.58. The van der Waals surface area contributed by atoms with Crippen molar-refractivity contribution in [2.75, 3.05) is 0 Å². The van der Waals surface area contributed by atoms with E-state index < -0.39 is 0 Å². The Labute approximate surface area is 115 Å². The molecule has 0 spiro atoms. The molecular formula is C15H23ClFN. The van der Waals surface area contributed by atoms with Crippen LogP contribution in [0.15, 0.2) is 18.2 Å². The zero-order chi connectivity index (χ0) is 13.5. The van der Waals surface area contributed by atoms with E-state index in [1.165, 1.54) is 25.0 Å². The number of hydrogen-bond acceptors (Lipinski definition) is 1. The van der Waals surface area contributed by atoms with Crippen molar-refractivity contribution in [3.63, 3.8) is 0 Å². The molecule has 0 fully saturated rings. The van der Waals surface area contributed by atoms with E-state index in [1.54, 1.807) is 6.07 Å². The Bertz CT molecular complexity index is 366. The summed E-state index contributed by atoms with van der Waals surface area (Å²) in [5.74, 6) is -0.273. The Morgan fingerprint density at radius 3 is 2.61 bits per heavy atom. The molecule has 0 aliphatic carbocycles. The quantitative estimate of drug-likeness (QED) is 0.765. The molecule has 0 heterocycles. The molecule has 0 aliphatic rings. The van der Waals surface area contributed by atoms with Gasteiger partial charge < -0.3 is 5.32 Å². The molecule has 1 N–H and O–H groups in total. The Morgan fingerprint density at radius 1 is 1.33 bits per heavy atom. The molecule has 0 bridgehead atoms. The summed E-state index contributed by atoms with van der Waals surface area (Å²) >= 11 is 6.08. The predicted molar refractivity (Wildman–Crippen MR) is 76.7 cm³/mol. The Hall–Kier alpha value is -0.600. The van der Waals surface area contributed by atoms with Gasteiger partial charge in [0, 0.05) is 17.1 Å². The van der Waals surface area contributed by atoms with E-state index >= 15 is 0 Å². The van der Waals surface area contributed by atoms with Crippen LogP contribution in [0.5, 0.6) is 0 Å². The molecule has 0 saturated carbocycles. The summed E-state index contributed by atoms with van der Waals surface area (Å²) in [7, 11) is 0. The summed E-state index contributed by atoms with van der Waals surface area (Å²) in [6, 6.07) is 5.52. The van der Waals surface area contributed by atoms with E-state index in [0.29, 0.717) is 17.1 Å². The largest absolute Gasteiger partial charge is 0.311 e. The highest BCUT2D eigenvalue weighted by molar-refractivity contribution is 6.31. The van der Waals surface area contributed by atoms with Crippen molar-refractivity contribution in [3.8, 4) is 0 Å². The van der Waals surface area contributed by atoms with Crippen molar-refractivity contribution in [1.29, 1.82) is 0 Å². The van der Waals surface area contributed by atoms with Gasteiger partial charge in [-0.05, 0) is 30.5 Å². The van der Waals surface area contributed by atoms with E-state index in [4.69, 9.17) is 11.6 Å². The summed E-state index contributed by atoms with van der Waals surface area (Å²) in [5, 5.41) is 4.08. The third kappa shape index (κ3) is 5.36. The minimum Gasteiger partial charge on any atom is -0.311 e. The van der Waals surface area contributed by atoms with Gasteiger partial charge >= 0.3 is 0 Å². The minimum atomic E-state index is -0.273. The fraction of sp³-hybridized carbons (Fsp3) is 0.600. The van der Waals surface area contributed by atoms with Gasteiger partial charge in [0.1, 0.15) is 5.82 Å². The van der Waals surface area contributed by atoms with Crippen molar-refractivity contribution in [2.45, 2.75) is 58.5 Å². The summed E-state index contributed by atoms with van der Waals surface area (Å²) in [6.45, 7) is 6.48. The van der Waals surface area contributed by atoms with Gasteiger partial charge in [0.15, 0.2) is 0 Å². The molecule has 3 heteroatoms. The highest BCUT2D eigenvalue weighted by Gasteiger charge is 2.12. The molecule has 1 aromatic rings. The smallest absolute Gasteiger partial charge is 0.124 e. The zero-order valence-electron chi connectivity index (χ0n) is 11.5. The topological polar surface area (TPSA) is 12.0 Å². The van der Waals surface area contributed by atoms with Crippen LogP contribution in [0.2, 0.25) is 5.02 Å². The highest BCUT2D eigenvalue weighted by atomic mass is 35.5. The first-order chi connectivity index (χ1) is 8.52. The molecule has 0 radical (unpaired) electrons. The molecule has 1 unspecified atom stereocenters. The van der Waals surface area contributed by atoms with Crippen molar-refractivity contribution >= 4 is 11.6 Å². The van der Waals surface area contributed by atoms with Crippen molar-refractivity contribution in [2.24, 2.45) is 0 Å². The second-order valence-electron chi connectivity index (χ2n) is 5.10. The van der Waals surface area contributed by atoms with Gasteiger partial charge in [-0.3, -0.25) is 0 Å². The first-order valence-electron chi connectivity index (χ1n) is 6.73. The first-order valence-corrected chi connectivity index (χ1v) is 7.10. The number of rotatable bonds is 7. The lowest BCUT2D eigenvalue weighted by molar-refractivity contribution is 0.424. The number of hydrogen-bond donors (Lipinski definition) is 1. The monoisotopic (exact) mass is 271 g/mol. The Kier molecular flexibility index (Phi) is 6.66. The molecule has 1 atom stereocenters. The third-order valence-corrected chi connectivity index (χ3v) is 3.31. The number of nitrogens with one attached hydrogen (secondary N) is 1. The normalized spacial score (nSPS) is 13.0. The van der Waals surface area contributed by atoms with Crippen LogP contribution in [0.4, 0.5) is 4.39 Å². The van der Waals surface area contributed by atoms with Crippen LogP contribution >= 0.6 is 11.6 Å². The Balaban J connectivity index is 2.68. The van der Waals surface area contributed by atoms with Crippen LogP contribution in [0.3, 0.4) is 0 Å². The number of benzene rings is 1. The number of halogens is 2. The number of unbranched alkanes of at least 4 members (excludes halogenated alkanes) is 1. The van der Waals surface area contributed by atoms with Crippen LogP contribution in [-0.2, 0) is 6.42 Å². The van der Waals surface area contributed by atoms with Crippen LogP contribution in [0, 0.1) is 5.82 Å². The van der Waals surface area contributed by atoms with Crippen LogP contribution in [-0.4, -0.2) is 12.1 Å². The first kappa shape index (κ1) is 15.5. The van der Waals surface area contributed by atoms with Gasteiger partial charge in [0.25, 0.3) is 0 Å². The SMILES string of the molecule is CCCCC(Cc1ccc(F)cc1Cl)NC(C)C. The van der Waals surface area contributed by atoms with Crippen LogP contribution in [0.25, 0.3) is 0 Å². The summed E-state index contributed by atoms with van der Waals surface area (Å²) in [5.41, 5.74) is 1.02. The molecule has 0 saturated heterocycles. The third-order valence-electron chi connectivity index (χ3n) is 2.96. The molecule has 0 aromatic heterocycles. The molecular weight excluding hydrogens is 249 g/mol. The van der Waals surface area contributed by atoms with Gasteiger partial charge in [0.2, 0.25) is 0 Å². The molecule has 1 aromatic carbocycles. The van der Waals surface area contributed by atoms with Gasteiger partial charge in [-0.25, -0.2) is 4.39 Å². The van der Waals surface area contributed by atoms with Gasteiger partial charge in [0.05, 0.1) is 0 Å². The molecule has 102 valence electrons. The maximum absolute atomic E-state index is 13.0. The van der Waals surface area contributed by atoms with Crippen molar-refractivity contribution in [3.05, 3.63) is 34.6 Å². The van der Waals surface area contributed by atoms with E-state index in [1.807, 2.05) is 0 Å². The molecule has 0 aliphatic heterocycles. The minimum absolute atomic E-state index is 0.273. The van der Waals surface area contributed by atoms with Crippen molar-refractivity contribution < 1.29 is 4.39 Å². The van der Waals surface area contributed by atoms with Crippen LogP contribution in [0.1, 0.15) is 45.6 Å². The maximum atomic E-state index is 13.0. The van der Waals surface area contributed by atoms with Gasteiger partial charge in [-0.15, -0.1) is 0 Å². The molecule has 1 rings (SSSR count). The summed E-state index contributed by atoms with van der Waals surface area (Å²) in [6.07, 6.45) is 4.37. The van der Waals surface area contributed by atoms with Crippen molar-refractivity contribution in [1.82, 2.24) is 5.32 Å². The van der Waals surface area contributed by atoms with Gasteiger partial charge in [-0.2, -0.15) is 0 Å². The standard InChI is InChI=1S/C15H23ClFN/c1-4-5-6-14(18-11(2)3)9-12-7-8-13(17)10-15(12)16/h7-8,10-11,14,18H,4-6,9H2,1-3H3. The van der Waals surface area contributed by atoms with Crippen LogP contribution < -0.4 is 5.32 Å². The molecule has 18 heavy (non-hydrogen) atoms. The zero-order valence-corrected chi connectivity index (χ0v) is 12.2. The molecule has 1 nitrogen and oxygen atoms in total. The molecule has 0 amide bonds. The average molecular weight is 272 g/mol. The second-order valence-corrected chi connectivity index (χ2v) is 5.51. The van der Waals surface area contributed by atoms with E-state index in [9.17, 15) is 4.39 Å². The van der Waals surface area contributed by atoms with E-state index in [2.05, 4.69) is 26.1 Å². The summed E-state index contributed by atoms with van der Waals surface area (Å²) in [4.78, 5) is 0. The highest BCUT2D eigenvalue weighted by Crippen LogP contribution is 2.20. The Morgan fingerprint density at radius 2 is 2.06 bits per heavy atom. The summed E-state index contributed by atoms with van der Waals surface area (Å²) < 4.78 is 13.0. The van der Waals surface area contributed by atoms with E-state index in [-0.39, 0.29) is 5.82 Å². The maximum Gasteiger partial charge on any atom is 0.124 e. The van der Waals surface area contributed by atoms with Gasteiger partial charge in [-0.1, -0.05) is 51.3 Å². The van der Waals surface area contributed by atoms with E-state index in [0.717, 1.165) is 18.4 Å². The fourth-order valence-corrected chi connectivity index (χ4v) is 2.36. The second kappa shape index (κ2) is 7.75. The lowest BCUT2D eigenvalue weighted by atomic mass is 10.00. The average Bonchev–Trinajstić information content (AvgIpc) is 2.29. The lowest BCUT2D eigenvalue weighted by Crippen LogP contribution is -2.36. The fourth-order valence-electron chi connectivity index (χ4n) is 2.12.